The molecule has 23 nitrogen and oxygen atoms in total. The van der Waals surface area contributed by atoms with Crippen LogP contribution in [0.1, 0.15) is 140 Å². The number of aliphatic carboxylic acids is 2. The minimum Gasteiger partial charge on any atom is -0.508 e. The van der Waals surface area contributed by atoms with Crippen molar-refractivity contribution in [2.45, 2.75) is 154 Å². The Labute approximate surface area is 430 Å². The fourth-order valence-corrected chi connectivity index (χ4v) is 6.77. The van der Waals surface area contributed by atoms with Crippen LogP contribution < -0.4 is 37.8 Å². The first-order valence-corrected chi connectivity index (χ1v) is 25.7. The summed E-state index contributed by atoms with van der Waals surface area (Å²) in [4.78, 5) is 93.1. The number of unbranched alkanes of at least 4 members (excludes halogenated alkanes) is 14. The lowest BCUT2D eigenvalue weighted by Gasteiger charge is -2.14. The van der Waals surface area contributed by atoms with E-state index in [1.54, 1.807) is 12.1 Å². The van der Waals surface area contributed by atoms with Gasteiger partial charge >= 0.3 is 11.9 Å². The van der Waals surface area contributed by atoms with Crippen molar-refractivity contribution in [1.29, 1.82) is 0 Å². The van der Waals surface area contributed by atoms with Crippen LogP contribution in [-0.2, 0) is 57.3 Å². The SMILES string of the molecule is Cc1ccc(O)cc1.NC(=O)CNC(=O)C(CCCCNC(=O)COCCOCCNC(=O)COCCOCCNC(=O)CCC(NC(=O)CCCCCCCCCCCCCCCCC(=O)O)C(=O)O)NO. The lowest BCUT2D eigenvalue weighted by molar-refractivity contribution is -0.142. The van der Waals surface area contributed by atoms with Crippen molar-refractivity contribution in [2.24, 2.45) is 5.73 Å². The Hall–Kier alpha value is -5.46. The van der Waals surface area contributed by atoms with Gasteiger partial charge in [-0.1, -0.05) is 94.7 Å². The Kier molecular flexibility index (Phi) is 44.0. The Balaban J connectivity index is 0.00000585. The van der Waals surface area contributed by atoms with Crippen molar-refractivity contribution in [3.8, 4) is 5.75 Å². The average molecular weight is 1040 g/mol. The van der Waals surface area contributed by atoms with Crippen LogP contribution in [0.25, 0.3) is 0 Å². The maximum Gasteiger partial charge on any atom is 0.326 e. The summed E-state index contributed by atoms with van der Waals surface area (Å²) in [5.74, 6) is -4.23. The molecule has 1 aromatic rings. The number of rotatable bonds is 47. The second-order valence-electron chi connectivity index (χ2n) is 17.4. The zero-order valence-corrected chi connectivity index (χ0v) is 43.1. The van der Waals surface area contributed by atoms with Gasteiger partial charge in [0, 0.05) is 38.9 Å². The fraction of sp³-hybridized carbons (Fsp3) is 0.720. The predicted molar refractivity (Wildman–Crippen MR) is 270 cm³/mol. The van der Waals surface area contributed by atoms with Crippen LogP contribution in [-0.4, -0.2) is 159 Å². The fourth-order valence-electron chi connectivity index (χ4n) is 6.77. The number of carboxylic acids is 2. The number of carbonyl (C=O) groups excluding carboxylic acids is 6. The smallest absolute Gasteiger partial charge is 0.326 e. The molecule has 2 atom stereocenters. The van der Waals surface area contributed by atoms with E-state index in [0.717, 1.165) is 44.9 Å². The third kappa shape index (κ3) is 46.1. The van der Waals surface area contributed by atoms with Gasteiger partial charge < -0.3 is 71.8 Å². The molecule has 0 fully saturated rings. The van der Waals surface area contributed by atoms with E-state index in [4.69, 9.17) is 40.1 Å². The number of nitrogens with one attached hydrogen (secondary N) is 6. The van der Waals surface area contributed by atoms with Crippen LogP contribution in [0.15, 0.2) is 24.3 Å². The number of phenols is 1. The molecule has 12 N–H and O–H groups in total. The Morgan fingerprint density at radius 3 is 1.44 bits per heavy atom. The average Bonchev–Trinajstić information content (AvgIpc) is 3.35. The van der Waals surface area contributed by atoms with Gasteiger partial charge in [-0.2, -0.15) is 5.48 Å². The lowest BCUT2D eigenvalue weighted by atomic mass is 10.0. The molecule has 0 aliphatic carbocycles. The van der Waals surface area contributed by atoms with Gasteiger partial charge in [0.05, 0.1) is 46.2 Å². The number of amides is 6. The van der Waals surface area contributed by atoms with Gasteiger partial charge in [0.2, 0.25) is 35.4 Å². The largest absolute Gasteiger partial charge is 0.508 e. The number of carbonyl (C=O) groups is 8. The summed E-state index contributed by atoms with van der Waals surface area (Å²) >= 11 is 0. The van der Waals surface area contributed by atoms with E-state index in [2.05, 4.69) is 26.6 Å². The number of aryl methyl sites for hydroxylation is 1. The van der Waals surface area contributed by atoms with E-state index < -0.39 is 35.8 Å². The molecular formula is C50H87N7O16. The van der Waals surface area contributed by atoms with Gasteiger partial charge in [-0.3, -0.25) is 33.6 Å². The van der Waals surface area contributed by atoms with Crippen LogP contribution in [0.5, 0.6) is 5.75 Å². The molecule has 0 radical (unpaired) electrons. The van der Waals surface area contributed by atoms with Crippen molar-refractivity contribution in [1.82, 2.24) is 32.1 Å². The maximum absolute atomic E-state index is 12.3. The molecule has 23 heteroatoms. The zero-order chi connectivity index (χ0) is 54.2. The third-order valence-corrected chi connectivity index (χ3v) is 10.9. The molecule has 0 aromatic heterocycles. The maximum atomic E-state index is 12.3. The van der Waals surface area contributed by atoms with Crippen LogP contribution in [0.4, 0.5) is 0 Å². The topological polar surface area (TPSA) is 353 Å². The highest BCUT2D eigenvalue weighted by Gasteiger charge is 2.21. The van der Waals surface area contributed by atoms with E-state index in [9.17, 15) is 43.5 Å². The molecule has 6 amide bonds. The molecule has 0 heterocycles. The number of hydroxylamine groups is 1. The van der Waals surface area contributed by atoms with Crippen molar-refractivity contribution < 1.29 is 77.8 Å². The third-order valence-electron chi connectivity index (χ3n) is 10.9. The molecule has 0 spiro atoms. The van der Waals surface area contributed by atoms with Gasteiger partial charge in [0.15, 0.2) is 0 Å². The molecule has 1 aromatic carbocycles. The number of ether oxygens (including phenoxy) is 4. The van der Waals surface area contributed by atoms with Crippen molar-refractivity contribution in [3.05, 3.63) is 29.8 Å². The molecule has 0 bridgehead atoms. The highest BCUT2D eigenvalue weighted by molar-refractivity contribution is 5.86. The number of phenolic OH excluding ortho intramolecular Hbond substituents is 1. The number of aromatic hydroxyl groups is 1. The summed E-state index contributed by atoms with van der Waals surface area (Å²) in [6, 6.07) is 5.03. The quantitative estimate of drug-likeness (QED) is 0.0330. The first-order valence-electron chi connectivity index (χ1n) is 25.7. The van der Waals surface area contributed by atoms with Gasteiger partial charge in [-0.05, 0) is 57.6 Å². The van der Waals surface area contributed by atoms with E-state index in [-0.39, 0.29) is 128 Å². The van der Waals surface area contributed by atoms with Gasteiger partial charge in [0.1, 0.15) is 31.0 Å². The zero-order valence-electron chi connectivity index (χ0n) is 43.1. The Bertz CT molecular complexity index is 1640. The first-order chi connectivity index (χ1) is 35.1. The van der Waals surface area contributed by atoms with Crippen LogP contribution in [0, 0.1) is 6.92 Å². The predicted octanol–water partition coefficient (Wildman–Crippen LogP) is 2.90. The second-order valence-corrected chi connectivity index (χ2v) is 17.4. The normalized spacial score (nSPS) is 11.6. The van der Waals surface area contributed by atoms with E-state index in [1.807, 2.05) is 24.5 Å². The van der Waals surface area contributed by atoms with E-state index in [1.165, 1.54) is 44.1 Å². The van der Waals surface area contributed by atoms with Crippen LogP contribution in [0.3, 0.4) is 0 Å². The molecular weight excluding hydrogens is 955 g/mol. The minimum absolute atomic E-state index is 0.0391. The van der Waals surface area contributed by atoms with E-state index >= 15 is 0 Å². The minimum atomic E-state index is -1.19. The molecule has 0 saturated carbocycles. The standard InChI is InChI=1S/C43H79N7O15.C7H8O/c44-36(51)31-48-42(58)34(50-61)17-15-16-22-45-39(54)32-64-29-28-63-26-24-47-40(55)33-65-30-27-62-25-23-46-37(52)21-20-35(43(59)60)49-38(53)18-13-11-9-7-5-3-1-2-4-6-8-10-12-14-19-41(56)57;1-6-2-4-7(8)5-3-6/h34-35,50,61H,1-33H2,(H2,44,51)(H,45,54)(H,46,52)(H,47,55)(H,48,58)(H,49,53)(H,56,57)(H,59,60);2-5,8H,1H3. The van der Waals surface area contributed by atoms with Gasteiger partial charge in [0.25, 0.3) is 0 Å². The number of benzene rings is 1. The number of hydrogen-bond donors (Lipinski definition) is 11. The summed E-state index contributed by atoms with van der Waals surface area (Å²) in [7, 11) is 0. The number of hydrogen-bond acceptors (Lipinski definition) is 15. The van der Waals surface area contributed by atoms with Crippen molar-refractivity contribution >= 4 is 47.4 Å². The Morgan fingerprint density at radius 2 is 0.973 bits per heavy atom. The molecule has 73 heavy (non-hydrogen) atoms. The summed E-state index contributed by atoms with van der Waals surface area (Å²) in [5, 5.41) is 48.8. The van der Waals surface area contributed by atoms with Gasteiger partial charge in [-0.25, -0.2) is 4.79 Å². The number of nitrogens with two attached hydrogens (primary N) is 1. The number of primary amides is 1. The monoisotopic (exact) mass is 1040 g/mol. The second kappa shape index (κ2) is 47.5. The van der Waals surface area contributed by atoms with Crippen molar-refractivity contribution in [2.75, 3.05) is 79.0 Å². The van der Waals surface area contributed by atoms with E-state index in [0.29, 0.717) is 31.6 Å². The highest BCUT2D eigenvalue weighted by atomic mass is 16.5. The molecule has 0 aliphatic rings. The summed E-state index contributed by atoms with van der Waals surface area (Å²) in [6.45, 7) is 3.17. The summed E-state index contributed by atoms with van der Waals surface area (Å²) in [5.41, 5.74) is 8.02. The van der Waals surface area contributed by atoms with Crippen LogP contribution in [0.2, 0.25) is 0 Å². The highest BCUT2D eigenvalue weighted by Crippen LogP contribution is 2.14. The Morgan fingerprint density at radius 1 is 0.507 bits per heavy atom. The molecule has 0 aliphatic heterocycles. The molecule has 2 unspecified atom stereocenters. The summed E-state index contributed by atoms with van der Waals surface area (Å²) < 4.78 is 21.3. The molecule has 0 saturated heterocycles. The van der Waals surface area contributed by atoms with Crippen LogP contribution >= 0.6 is 0 Å². The van der Waals surface area contributed by atoms with Crippen molar-refractivity contribution in [3.63, 3.8) is 0 Å². The van der Waals surface area contributed by atoms with Gasteiger partial charge in [-0.15, -0.1) is 0 Å². The number of carboxylic acid groups (broad SMARTS) is 2. The first kappa shape index (κ1) is 67.5. The molecule has 418 valence electrons. The molecule has 1 rings (SSSR count). The summed E-state index contributed by atoms with van der Waals surface area (Å²) in [6.07, 6.45) is 16.7. The lowest BCUT2D eigenvalue weighted by Crippen LogP contribution is -2.45.